The van der Waals surface area contributed by atoms with Gasteiger partial charge in [-0.2, -0.15) is 5.10 Å². The van der Waals surface area contributed by atoms with Crippen LogP contribution in [0.15, 0.2) is 88.2 Å². The molecule has 2 N–H and O–H groups in total. The fraction of sp³-hybridized carbons (Fsp3) is 0. The van der Waals surface area contributed by atoms with E-state index in [1.807, 2.05) is 0 Å². The minimum atomic E-state index is -0.640. The number of halogens is 1. The highest BCUT2D eigenvalue weighted by Gasteiger charge is 2.14. The second kappa shape index (κ2) is 9.09. The highest BCUT2D eigenvalue weighted by molar-refractivity contribution is 6.05. The Kier molecular flexibility index (Phi) is 6.10. The van der Waals surface area contributed by atoms with Crippen LogP contribution in [0.1, 0.15) is 21.7 Å². The van der Waals surface area contributed by atoms with Gasteiger partial charge in [0.1, 0.15) is 17.3 Å². The predicted molar refractivity (Wildman–Crippen MR) is 103 cm³/mol. The van der Waals surface area contributed by atoms with E-state index in [2.05, 4.69) is 15.8 Å². The molecule has 0 unspecified atom stereocenters. The fourth-order valence-electron chi connectivity index (χ4n) is 2.23. The number of nitrogens with one attached hydrogen (secondary N) is 2. The number of carbonyl (C=O) groups excluding carboxylic acids is 2. The van der Waals surface area contributed by atoms with E-state index in [9.17, 15) is 14.0 Å². The van der Waals surface area contributed by atoms with Crippen LogP contribution in [0.4, 0.5) is 4.39 Å². The molecule has 3 rings (SSSR count). The maximum atomic E-state index is 12.9. The number of hydrazone groups is 1. The Hall–Kier alpha value is -4.00. The number of amides is 2. The SMILES string of the molecule is O=C(N/N=C\c1ccc(F)cc1)C(=Cc1ccco1)NC(=O)c1ccccc1. The van der Waals surface area contributed by atoms with E-state index >= 15 is 0 Å². The summed E-state index contributed by atoms with van der Waals surface area (Å²) < 4.78 is 18.1. The lowest BCUT2D eigenvalue weighted by Crippen LogP contribution is -2.32. The maximum Gasteiger partial charge on any atom is 0.288 e. The summed E-state index contributed by atoms with van der Waals surface area (Å²) in [5.41, 5.74) is 3.29. The number of nitrogens with zero attached hydrogens (tertiary/aromatic N) is 1. The predicted octanol–water partition coefficient (Wildman–Crippen LogP) is 3.34. The van der Waals surface area contributed by atoms with Crippen molar-refractivity contribution in [2.24, 2.45) is 5.10 Å². The Balaban J connectivity index is 1.73. The van der Waals surface area contributed by atoms with Crippen molar-refractivity contribution in [3.05, 3.63) is 101 Å². The first-order valence-electron chi connectivity index (χ1n) is 8.32. The Morgan fingerprint density at radius 1 is 0.964 bits per heavy atom. The van der Waals surface area contributed by atoms with Gasteiger partial charge in [-0.05, 0) is 42.0 Å². The number of carbonyl (C=O) groups is 2. The first kappa shape index (κ1) is 18.8. The van der Waals surface area contributed by atoms with Gasteiger partial charge < -0.3 is 9.73 Å². The molecule has 0 radical (unpaired) electrons. The van der Waals surface area contributed by atoms with Crippen molar-refractivity contribution in [3.63, 3.8) is 0 Å². The van der Waals surface area contributed by atoms with Crippen LogP contribution in [-0.2, 0) is 4.79 Å². The van der Waals surface area contributed by atoms with Crippen molar-refractivity contribution in [3.8, 4) is 0 Å². The largest absolute Gasteiger partial charge is 0.465 e. The number of rotatable bonds is 6. The van der Waals surface area contributed by atoms with Crippen molar-refractivity contribution in [1.82, 2.24) is 10.7 Å². The van der Waals surface area contributed by atoms with Crippen molar-refractivity contribution in [2.45, 2.75) is 0 Å². The van der Waals surface area contributed by atoms with Gasteiger partial charge in [-0.3, -0.25) is 9.59 Å². The van der Waals surface area contributed by atoms with Crippen LogP contribution >= 0.6 is 0 Å². The number of furan rings is 1. The van der Waals surface area contributed by atoms with Gasteiger partial charge in [0, 0.05) is 11.6 Å². The zero-order chi connectivity index (χ0) is 19.8. The summed E-state index contributed by atoms with van der Waals surface area (Å²) in [6, 6.07) is 17.4. The molecule has 0 bridgehead atoms. The van der Waals surface area contributed by atoms with Crippen LogP contribution in [0.3, 0.4) is 0 Å². The number of hydrogen-bond donors (Lipinski definition) is 2. The third-order valence-electron chi connectivity index (χ3n) is 3.61. The average Bonchev–Trinajstić information content (AvgIpc) is 3.22. The van der Waals surface area contributed by atoms with Crippen LogP contribution in [0.25, 0.3) is 6.08 Å². The first-order valence-corrected chi connectivity index (χ1v) is 8.32. The fourth-order valence-corrected chi connectivity index (χ4v) is 2.23. The molecule has 2 aromatic carbocycles. The molecular formula is C21H16FN3O3. The van der Waals surface area contributed by atoms with Crippen LogP contribution in [0.5, 0.6) is 0 Å². The molecule has 0 spiro atoms. The quantitative estimate of drug-likeness (QED) is 0.393. The Morgan fingerprint density at radius 3 is 2.39 bits per heavy atom. The van der Waals surface area contributed by atoms with Gasteiger partial charge in [0.05, 0.1) is 12.5 Å². The van der Waals surface area contributed by atoms with Crippen molar-refractivity contribution in [2.75, 3.05) is 0 Å². The standard InChI is InChI=1S/C21H16FN3O3/c22-17-10-8-15(9-11-17)14-23-25-21(27)19(13-18-7-4-12-28-18)24-20(26)16-5-2-1-3-6-16/h1-14H,(H,24,26)(H,25,27)/b19-13?,23-14-. The lowest BCUT2D eigenvalue weighted by atomic mass is 10.2. The summed E-state index contributed by atoms with van der Waals surface area (Å²) in [4.78, 5) is 24.8. The zero-order valence-corrected chi connectivity index (χ0v) is 14.6. The highest BCUT2D eigenvalue weighted by Crippen LogP contribution is 2.08. The molecule has 0 fully saturated rings. The van der Waals surface area contributed by atoms with Gasteiger partial charge in [-0.1, -0.05) is 30.3 Å². The smallest absolute Gasteiger partial charge is 0.288 e. The van der Waals surface area contributed by atoms with Gasteiger partial charge in [-0.15, -0.1) is 0 Å². The molecule has 0 saturated carbocycles. The Morgan fingerprint density at radius 2 is 1.71 bits per heavy atom. The van der Waals surface area contributed by atoms with Gasteiger partial charge in [0.2, 0.25) is 0 Å². The third kappa shape index (κ3) is 5.25. The highest BCUT2D eigenvalue weighted by atomic mass is 19.1. The van der Waals surface area contributed by atoms with E-state index in [0.717, 1.165) is 0 Å². The van der Waals surface area contributed by atoms with E-state index in [4.69, 9.17) is 4.42 Å². The van der Waals surface area contributed by atoms with Crippen LogP contribution in [0.2, 0.25) is 0 Å². The number of benzene rings is 2. The molecule has 3 aromatic rings. The number of hydrogen-bond acceptors (Lipinski definition) is 4. The summed E-state index contributed by atoms with van der Waals surface area (Å²) in [5.74, 6) is -1.07. The van der Waals surface area contributed by atoms with Gasteiger partial charge in [0.25, 0.3) is 11.8 Å². The second-order valence-corrected chi connectivity index (χ2v) is 5.64. The van der Waals surface area contributed by atoms with E-state index in [1.165, 1.54) is 42.8 Å². The van der Waals surface area contributed by atoms with Gasteiger partial charge >= 0.3 is 0 Å². The summed E-state index contributed by atoms with van der Waals surface area (Å²) in [7, 11) is 0. The monoisotopic (exact) mass is 377 g/mol. The Bertz CT molecular complexity index is 995. The van der Waals surface area contributed by atoms with Crippen molar-refractivity contribution >= 4 is 24.1 Å². The third-order valence-corrected chi connectivity index (χ3v) is 3.61. The molecule has 28 heavy (non-hydrogen) atoms. The van der Waals surface area contributed by atoms with Crippen molar-refractivity contribution in [1.29, 1.82) is 0 Å². The molecule has 1 heterocycles. The minimum Gasteiger partial charge on any atom is -0.465 e. The lowest BCUT2D eigenvalue weighted by Gasteiger charge is -2.08. The topological polar surface area (TPSA) is 83.7 Å². The molecule has 0 atom stereocenters. The average molecular weight is 377 g/mol. The molecule has 0 aliphatic heterocycles. The molecular weight excluding hydrogens is 361 g/mol. The van der Waals surface area contributed by atoms with E-state index < -0.39 is 11.8 Å². The summed E-state index contributed by atoms with van der Waals surface area (Å²) in [5, 5.41) is 6.39. The minimum absolute atomic E-state index is 0.0416. The summed E-state index contributed by atoms with van der Waals surface area (Å²) in [6.07, 6.45) is 4.21. The first-order chi connectivity index (χ1) is 13.6. The van der Waals surface area contributed by atoms with Crippen molar-refractivity contribution < 1.29 is 18.4 Å². The van der Waals surface area contributed by atoms with E-state index in [0.29, 0.717) is 16.9 Å². The second-order valence-electron chi connectivity index (χ2n) is 5.64. The van der Waals surface area contributed by atoms with Crippen LogP contribution < -0.4 is 10.7 Å². The van der Waals surface area contributed by atoms with Crippen LogP contribution in [-0.4, -0.2) is 18.0 Å². The van der Waals surface area contributed by atoms with E-state index in [-0.39, 0.29) is 11.5 Å². The lowest BCUT2D eigenvalue weighted by molar-refractivity contribution is -0.117. The van der Waals surface area contributed by atoms with E-state index in [1.54, 1.807) is 42.5 Å². The van der Waals surface area contributed by atoms with Gasteiger partial charge in [0.15, 0.2) is 0 Å². The normalized spacial score (nSPS) is 11.4. The molecule has 1 aromatic heterocycles. The van der Waals surface area contributed by atoms with Gasteiger partial charge in [-0.25, -0.2) is 9.82 Å². The molecule has 2 amide bonds. The molecule has 0 saturated heterocycles. The maximum absolute atomic E-state index is 12.9. The summed E-state index contributed by atoms with van der Waals surface area (Å²) in [6.45, 7) is 0. The molecule has 0 aliphatic carbocycles. The Labute approximate surface area is 160 Å². The molecule has 0 aliphatic rings. The molecule has 6 nitrogen and oxygen atoms in total. The zero-order valence-electron chi connectivity index (χ0n) is 14.6. The summed E-state index contributed by atoms with van der Waals surface area (Å²) >= 11 is 0. The van der Waals surface area contributed by atoms with Crippen LogP contribution in [0, 0.1) is 5.82 Å². The molecule has 140 valence electrons. The molecule has 7 heteroatoms.